The van der Waals surface area contributed by atoms with E-state index in [9.17, 15) is 13.2 Å². The molecule has 0 unspecified atom stereocenters. The highest BCUT2D eigenvalue weighted by Gasteiger charge is 2.21. The van der Waals surface area contributed by atoms with Crippen molar-refractivity contribution in [3.63, 3.8) is 0 Å². The fraction of sp³-hybridized carbons (Fsp3) is 0.111. The minimum atomic E-state index is -3.49. The molecule has 3 aromatic heterocycles. The van der Waals surface area contributed by atoms with Gasteiger partial charge in [-0.1, -0.05) is 18.2 Å². The Kier molecular flexibility index (Phi) is 4.19. The van der Waals surface area contributed by atoms with E-state index in [0.717, 1.165) is 11.6 Å². The molecule has 0 bridgehead atoms. The van der Waals surface area contributed by atoms with Crippen LogP contribution in [0.1, 0.15) is 10.6 Å². The van der Waals surface area contributed by atoms with Crippen molar-refractivity contribution in [1.29, 1.82) is 0 Å². The Morgan fingerprint density at radius 3 is 2.61 bits per heavy atom. The fourth-order valence-electron chi connectivity index (χ4n) is 2.94. The van der Waals surface area contributed by atoms with Crippen LogP contribution in [0.25, 0.3) is 22.3 Å². The van der Waals surface area contributed by atoms with Crippen molar-refractivity contribution in [1.82, 2.24) is 24.4 Å². The number of aryl methyl sites for hydroxylation is 1. The van der Waals surface area contributed by atoms with Gasteiger partial charge in [-0.25, -0.2) is 23.1 Å². The molecule has 9 nitrogen and oxygen atoms in total. The van der Waals surface area contributed by atoms with Crippen LogP contribution in [0, 0.1) is 0 Å². The summed E-state index contributed by atoms with van der Waals surface area (Å²) in [7, 11) is -1.83. The molecule has 0 aliphatic rings. The number of fused-ring (bicyclic) bond motifs is 1. The average molecular weight is 396 g/mol. The molecule has 4 rings (SSSR count). The van der Waals surface area contributed by atoms with Crippen molar-refractivity contribution in [2.24, 2.45) is 7.05 Å². The number of rotatable bonds is 4. The molecule has 0 radical (unpaired) electrons. The van der Waals surface area contributed by atoms with Crippen LogP contribution in [0.2, 0.25) is 0 Å². The number of carbonyl (C=O) groups excluding carboxylic acids is 1. The van der Waals surface area contributed by atoms with E-state index in [-0.39, 0.29) is 10.7 Å². The number of nitrogens with one attached hydrogen (secondary N) is 1. The summed E-state index contributed by atoms with van der Waals surface area (Å²) in [6.07, 6.45) is 4.16. The summed E-state index contributed by atoms with van der Waals surface area (Å²) in [4.78, 5) is 21.0. The molecule has 0 aliphatic heterocycles. The number of aromatic nitrogens is 5. The van der Waals surface area contributed by atoms with E-state index >= 15 is 0 Å². The van der Waals surface area contributed by atoms with Crippen molar-refractivity contribution in [3.05, 3.63) is 60.8 Å². The molecule has 0 saturated heterocycles. The van der Waals surface area contributed by atoms with Gasteiger partial charge < -0.3 is 0 Å². The fourth-order valence-corrected chi connectivity index (χ4v) is 3.84. The summed E-state index contributed by atoms with van der Waals surface area (Å²) >= 11 is 0. The van der Waals surface area contributed by atoms with E-state index in [1.807, 2.05) is 6.07 Å². The summed E-state index contributed by atoms with van der Waals surface area (Å²) in [5.74, 6) is -0.551. The summed E-state index contributed by atoms with van der Waals surface area (Å²) in [6.45, 7) is 0. The maximum Gasteiger partial charge on any atom is 0.309 e. The second-order valence-electron chi connectivity index (χ2n) is 6.23. The normalized spacial score (nSPS) is 11.6. The lowest BCUT2D eigenvalue weighted by molar-refractivity contribution is 0.0998. The largest absolute Gasteiger partial charge is 0.309 e. The molecular weight excluding hydrogens is 380 g/mol. The molecular formula is C18H16N6O3S. The van der Waals surface area contributed by atoms with E-state index in [4.69, 9.17) is 0 Å². The number of nitrogens with zero attached hydrogens (tertiary/aromatic N) is 5. The Morgan fingerprint density at radius 1 is 1.11 bits per heavy atom. The van der Waals surface area contributed by atoms with Crippen molar-refractivity contribution < 1.29 is 13.2 Å². The monoisotopic (exact) mass is 396 g/mol. The maximum atomic E-state index is 12.6. The van der Waals surface area contributed by atoms with Gasteiger partial charge in [-0.05, 0) is 24.3 Å². The summed E-state index contributed by atoms with van der Waals surface area (Å²) < 4.78 is 27.4. The van der Waals surface area contributed by atoms with E-state index in [2.05, 4.69) is 20.5 Å². The highest BCUT2D eigenvalue weighted by Crippen LogP contribution is 2.31. The molecule has 28 heavy (non-hydrogen) atoms. The summed E-state index contributed by atoms with van der Waals surface area (Å²) in [5.41, 5.74) is 4.14. The van der Waals surface area contributed by atoms with Gasteiger partial charge in [-0.2, -0.15) is 0 Å². The highest BCUT2D eigenvalue weighted by atomic mass is 32.2. The summed E-state index contributed by atoms with van der Waals surface area (Å²) in [6, 6.07) is 12.0. The number of amides is 1. The minimum absolute atomic E-state index is 0.0115. The van der Waals surface area contributed by atoms with Gasteiger partial charge in [0.15, 0.2) is 15.5 Å². The van der Waals surface area contributed by atoms with Crippen molar-refractivity contribution >= 4 is 26.8 Å². The molecule has 1 amide bonds. The van der Waals surface area contributed by atoms with Gasteiger partial charge in [-0.15, -0.1) is 5.10 Å². The average Bonchev–Trinajstić information content (AvgIpc) is 3.25. The second kappa shape index (κ2) is 6.57. The van der Waals surface area contributed by atoms with Crippen LogP contribution >= 0.6 is 0 Å². The number of carbonyl (C=O) groups is 1. The van der Waals surface area contributed by atoms with Crippen LogP contribution in [-0.2, 0) is 16.9 Å². The van der Waals surface area contributed by atoms with Crippen LogP contribution < -0.4 is 5.43 Å². The first-order chi connectivity index (χ1) is 13.3. The predicted molar refractivity (Wildman–Crippen MR) is 103 cm³/mol. The topological polar surface area (TPSA) is 112 Å². The molecule has 1 aromatic carbocycles. The molecule has 1 N–H and O–H groups in total. The number of benzene rings is 1. The molecule has 3 heterocycles. The van der Waals surface area contributed by atoms with Gasteiger partial charge in [0.2, 0.25) is 5.82 Å². The summed E-state index contributed by atoms with van der Waals surface area (Å²) in [5, 5.41) is 4.74. The SMILES string of the molecule is Cn1cnc(C(=O)Nn2c(-c3ccccc3S(C)(=O)=O)cc3cccnc32)n1. The Hall–Kier alpha value is -3.53. The third kappa shape index (κ3) is 3.14. The third-order valence-corrected chi connectivity index (χ3v) is 5.30. The first-order valence-corrected chi connectivity index (χ1v) is 10.2. The molecule has 0 saturated carbocycles. The van der Waals surface area contributed by atoms with Gasteiger partial charge in [0.1, 0.15) is 6.33 Å². The number of sulfone groups is 1. The highest BCUT2D eigenvalue weighted by molar-refractivity contribution is 7.90. The van der Waals surface area contributed by atoms with Crippen molar-refractivity contribution in [3.8, 4) is 11.3 Å². The first-order valence-electron chi connectivity index (χ1n) is 8.27. The molecule has 0 fully saturated rings. The second-order valence-corrected chi connectivity index (χ2v) is 8.22. The van der Waals surface area contributed by atoms with E-state index in [1.165, 1.54) is 21.8 Å². The molecule has 10 heteroatoms. The van der Waals surface area contributed by atoms with Crippen LogP contribution in [0.15, 0.2) is 59.9 Å². The number of hydrogen-bond acceptors (Lipinski definition) is 6. The van der Waals surface area contributed by atoms with Crippen molar-refractivity contribution in [2.75, 3.05) is 11.7 Å². The van der Waals surface area contributed by atoms with E-state index in [1.54, 1.807) is 43.6 Å². The zero-order valence-corrected chi connectivity index (χ0v) is 15.9. The lowest BCUT2D eigenvalue weighted by Gasteiger charge is -2.13. The van der Waals surface area contributed by atoms with E-state index in [0.29, 0.717) is 16.9 Å². The van der Waals surface area contributed by atoms with Gasteiger partial charge in [0.05, 0.1) is 10.6 Å². The lowest BCUT2D eigenvalue weighted by Crippen LogP contribution is -2.25. The van der Waals surface area contributed by atoms with Crippen LogP contribution in [-0.4, -0.2) is 45.0 Å². The molecule has 0 spiro atoms. The van der Waals surface area contributed by atoms with Crippen molar-refractivity contribution in [2.45, 2.75) is 4.90 Å². The Labute approximate surface area is 160 Å². The Bertz CT molecular complexity index is 1310. The van der Waals surface area contributed by atoms with E-state index < -0.39 is 15.7 Å². The molecule has 0 aliphatic carbocycles. The van der Waals surface area contributed by atoms with Crippen LogP contribution in [0.3, 0.4) is 0 Å². The smallest absolute Gasteiger partial charge is 0.264 e. The maximum absolute atomic E-state index is 12.6. The first kappa shape index (κ1) is 17.9. The van der Waals surface area contributed by atoms with Gasteiger partial charge in [0.25, 0.3) is 0 Å². The van der Waals surface area contributed by atoms with Gasteiger partial charge in [0, 0.05) is 30.4 Å². The van der Waals surface area contributed by atoms with Gasteiger partial charge in [-0.3, -0.25) is 14.9 Å². The van der Waals surface area contributed by atoms with Gasteiger partial charge >= 0.3 is 5.91 Å². The minimum Gasteiger partial charge on any atom is -0.264 e. The zero-order chi connectivity index (χ0) is 19.9. The Balaban J connectivity index is 1.91. The standard InChI is InChI=1S/C18H16N6O3S/c1-23-11-20-16(21-23)18(25)22-24-14(10-12-6-5-9-19-17(12)24)13-7-3-4-8-15(13)28(2,26)27/h3-11H,1-2H3,(H,22,25). The van der Waals surface area contributed by atoms with Crippen LogP contribution in [0.5, 0.6) is 0 Å². The lowest BCUT2D eigenvalue weighted by atomic mass is 10.1. The molecule has 0 atom stereocenters. The third-order valence-electron chi connectivity index (χ3n) is 4.14. The molecule has 4 aromatic rings. The number of hydrogen-bond donors (Lipinski definition) is 1. The quantitative estimate of drug-likeness (QED) is 0.561. The number of pyridine rings is 1. The van der Waals surface area contributed by atoms with Crippen LogP contribution in [0.4, 0.5) is 0 Å². The molecule has 142 valence electrons. The Morgan fingerprint density at radius 2 is 1.89 bits per heavy atom. The zero-order valence-electron chi connectivity index (χ0n) is 15.1. The predicted octanol–water partition coefficient (Wildman–Crippen LogP) is 1.62.